The number of amides is 2. The van der Waals surface area contributed by atoms with Gasteiger partial charge in [-0.25, -0.2) is 9.78 Å². The number of piperazine rings is 1. The van der Waals surface area contributed by atoms with Crippen molar-refractivity contribution in [1.82, 2.24) is 14.8 Å². The van der Waals surface area contributed by atoms with Gasteiger partial charge in [-0.05, 0) is 18.1 Å². The van der Waals surface area contributed by atoms with Gasteiger partial charge in [-0.3, -0.25) is 4.79 Å². The maximum atomic E-state index is 12.8. The van der Waals surface area contributed by atoms with Gasteiger partial charge in [0.1, 0.15) is 12.2 Å². The summed E-state index contributed by atoms with van der Waals surface area (Å²) in [5.41, 5.74) is 0.416. The Hall–Kier alpha value is -2.35. The Morgan fingerprint density at radius 2 is 1.85 bits per heavy atom. The number of nitrogens with zero attached hydrogens (tertiary/aromatic N) is 3. The van der Waals surface area contributed by atoms with Crippen molar-refractivity contribution in [2.24, 2.45) is 5.92 Å². The first kappa shape index (κ1) is 20.0. The number of carbonyl (C=O) groups excluding carboxylic acids is 2. The molecule has 8 heteroatoms. The van der Waals surface area contributed by atoms with E-state index < -0.39 is 0 Å². The van der Waals surface area contributed by atoms with E-state index in [-0.39, 0.29) is 12.0 Å². The first-order chi connectivity index (χ1) is 12.5. The lowest BCUT2D eigenvalue weighted by molar-refractivity contribution is 0.0530. The highest BCUT2D eigenvalue weighted by molar-refractivity contribution is 5.96. The van der Waals surface area contributed by atoms with Crippen LogP contribution in [0.1, 0.15) is 24.2 Å². The van der Waals surface area contributed by atoms with Gasteiger partial charge >= 0.3 is 6.09 Å². The average Bonchev–Trinajstić information content (AvgIpc) is 2.66. The quantitative estimate of drug-likeness (QED) is 0.684. The predicted molar refractivity (Wildman–Crippen MR) is 95.3 cm³/mol. The van der Waals surface area contributed by atoms with Crippen molar-refractivity contribution in [3.63, 3.8) is 0 Å². The molecule has 0 aliphatic carbocycles. The molecule has 0 radical (unpaired) electrons. The minimum absolute atomic E-state index is 0.152. The van der Waals surface area contributed by atoms with Gasteiger partial charge in [0, 0.05) is 39.5 Å². The molecule has 144 valence electrons. The molecule has 8 nitrogen and oxygen atoms in total. The van der Waals surface area contributed by atoms with Crippen molar-refractivity contribution in [3.8, 4) is 5.88 Å². The Labute approximate surface area is 154 Å². The van der Waals surface area contributed by atoms with Crippen molar-refractivity contribution >= 4 is 12.0 Å². The number of pyridine rings is 1. The molecular weight excluding hydrogens is 338 g/mol. The van der Waals surface area contributed by atoms with Crippen LogP contribution in [0.25, 0.3) is 0 Å². The zero-order valence-electron chi connectivity index (χ0n) is 15.6. The summed E-state index contributed by atoms with van der Waals surface area (Å²) in [5, 5.41) is 0. The molecule has 0 saturated carbocycles. The molecule has 1 aliphatic rings. The summed E-state index contributed by atoms with van der Waals surface area (Å²) in [7, 11) is 1.58. The maximum Gasteiger partial charge on any atom is 0.409 e. The Kier molecular flexibility index (Phi) is 7.65. The minimum Gasteiger partial charge on any atom is -0.475 e. The molecule has 0 unspecified atom stereocenters. The highest BCUT2D eigenvalue weighted by atomic mass is 16.6. The lowest BCUT2D eigenvalue weighted by Gasteiger charge is -2.34. The van der Waals surface area contributed by atoms with Gasteiger partial charge in [-0.2, -0.15) is 0 Å². The van der Waals surface area contributed by atoms with E-state index in [1.807, 2.05) is 13.8 Å². The third-order valence-electron chi connectivity index (χ3n) is 3.89. The van der Waals surface area contributed by atoms with Gasteiger partial charge in [0.25, 0.3) is 5.91 Å². The Morgan fingerprint density at radius 1 is 1.15 bits per heavy atom. The average molecular weight is 365 g/mol. The molecule has 1 saturated heterocycles. The molecule has 0 N–H and O–H groups in total. The highest BCUT2D eigenvalue weighted by Gasteiger charge is 2.27. The first-order valence-electron chi connectivity index (χ1n) is 8.80. The third-order valence-corrected chi connectivity index (χ3v) is 3.89. The molecule has 0 spiro atoms. The largest absolute Gasteiger partial charge is 0.475 e. The second-order valence-electron chi connectivity index (χ2n) is 6.45. The summed E-state index contributed by atoms with van der Waals surface area (Å²) >= 11 is 0. The van der Waals surface area contributed by atoms with Crippen LogP contribution in [0.4, 0.5) is 4.79 Å². The molecule has 1 aliphatic heterocycles. The summed E-state index contributed by atoms with van der Waals surface area (Å²) in [6.45, 7) is 6.91. The molecule has 0 aromatic carbocycles. The van der Waals surface area contributed by atoms with Crippen LogP contribution in [-0.2, 0) is 9.47 Å². The number of carbonyl (C=O) groups is 2. The Balaban J connectivity index is 1.91. The van der Waals surface area contributed by atoms with Crippen molar-refractivity contribution in [2.75, 3.05) is 53.1 Å². The zero-order chi connectivity index (χ0) is 18.9. The van der Waals surface area contributed by atoms with Crippen molar-refractivity contribution in [3.05, 3.63) is 23.9 Å². The van der Waals surface area contributed by atoms with E-state index >= 15 is 0 Å². The van der Waals surface area contributed by atoms with Crippen molar-refractivity contribution in [2.45, 2.75) is 13.8 Å². The highest BCUT2D eigenvalue weighted by Crippen LogP contribution is 2.18. The molecule has 26 heavy (non-hydrogen) atoms. The monoisotopic (exact) mass is 365 g/mol. The van der Waals surface area contributed by atoms with Gasteiger partial charge in [0.05, 0.1) is 13.2 Å². The first-order valence-corrected chi connectivity index (χ1v) is 8.80. The Morgan fingerprint density at radius 3 is 2.50 bits per heavy atom. The maximum absolute atomic E-state index is 12.8. The third kappa shape index (κ3) is 5.59. The van der Waals surface area contributed by atoms with Crippen molar-refractivity contribution in [1.29, 1.82) is 0 Å². The summed E-state index contributed by atoms with van der Waals surface area (Å²) in [6, 6.07) is 3.40. The lowest BCUT2D eigenvalue weighted by Crippen LogP contribution is -2.50. The van der Waals surface area contributed by atoms with Gasteiger partial charge < -0.3 is 24.0 Å². The van der Waals surface area contributed by atoms with Crippen LogP contribution >= 0.6 is 0 Å². The van der Waals surface area contributed by atoms with Crippen LogP contribution < -0.4 is 4.74 Å². The van der Waals surface area contributed by atoms with Crippen LogP contribution in [0, 0.1) is 5.92 Å². The normalized spacial score (nSPS) is 14.5. The summed E-state index contributed by atoms with van der Waals surface area (Å²) in [4.78, 5) is 32.3. The van der Waals surface area contributed by atoms with Gasteiger partial charge in [-0.1, -0.05) is 13.8 Å². The van der Waals surface area contributed by atoms with Crippen LogP contribution in [0.5, 0.6) is 5.88 Å². The summed E-state index contributed by atoms with van der Waals surface area (Å²) in [6.07, 6.45) is 1.26. The van der Waals surface area contributed by atoms with E-state index in [1.54, 1.807) is 35.2 Å². The topological polar surface area (TPSA) is 81.2 Å². The van der Waals surface area contributed by atoms with E-state index in [0.29, 0.717) is 63.4 Å². The molecule has 1 aromatic heterocycles. The van der Waals surface area contributed by atoms with Crippen LogP contribution in [0.3, 0.4) is 0 Å². The lowest BCUT2D eigenvalue weighted by atomic mass is 10.2. The second kappa shape index (κ2) is 9.96. The van der Waals surface area contributed by atoms with E-state index in [9.17, 15) is 9.59 Å². The summed E-state index contributed by atoms with van der Waals surface area (Å²) < 4.78 is 15.7. The van der Waals surface area contributed by atoms with Gasteiger partial charge in [-0.15, -0.1) is 0 Å². The standard InChI is InChI=1S/C18H27N3O5/c1-14(2)13-26-18(23)21-9-7-20(8-10-21)17(22)15-5-4-6-19-16(15)25-12-11-24-3/h4-6,14H,7-13H2,1-3H3. The second-order valence-corrected chi connectivity index (χ2v) is 6.45. The van der Waals surface area contributed by atoms with Gasteiger partial charge in [0.15, 0.2) is 0 Å². The molecular formula is C18H27N3O5. The fourth-order valence-corrected chi connectivity index (χ4v) is 2.48. The molecule has 2 rings (SSSR count). The van der Waals surface area contributed by atoms with Crippen LogP contribution in [0.15, 0.2) is 18.3 Å². The molecule has 1 fully saturated rings. The number of hydrogen-bond donors (Lipinski definition) is 0. The van der Waals surface area contributed by atoms with Crippen LogP contribution in [0.2, 0.25) is 0 Å². The van der Waals surface area contributed by atoms with Gasteiger partial charge in [0.2, 0.25) is 5.88 Å². The number of rotatable bonds is 7. The molecule has 2 heterocycles. The van der Waals surface area contributed by atoms with E-state index in [2.05, 4.69) is 4.98 Å². The van der Waals surface area contributed by atoms with E-state index in [4.69, 9.17) is 14.2 Å². The fraction of sp³-hybridized carbons (Fsp3) is 0.611. The zero-order valence-corrected chi connectivity index (χ0v) is 15.6. The Bertz CT molecular complexity index is 600. The predicted octanol–water partition coefficient (Wildman–Crippen LogP) is 1.66. The number of aromatic nitrogens is 1. The number of methoxy groups -OCH3 is 1. The SMILES string of the molecule is COCCOc1ncccc1C(=O)N1CCN(C(=O)OCC(C)C)CC1. The molecule has 2 amide bonds. The number of ether oxygens (including phenoxy) is 3. The minimum atomic E-state index is -0.323. The van der Waals surface area contributed by atoms with E-state index in [1.165, 1.54) is 0 Å². The molecule has 1 aromatic rings. The molecule has 0 atom stereocenters. The van der Waals surface area contributed by atoms with E-state index in [0.717, 1.165) is 0 Å². The smallest absolute Gasteiger partial charge is 0.409 e. The fourth-order valence-electron chi connectivity index (χ4n) is 2.48. The van der Waals surface area contributed by atoms with Crippen molar-refractivity contribution < 1.29 is 23.8 Å². The number of hydrogen-bond acceptors (Lipinski definition) is 6. The molecule has 0 bridgehead atoms. The van der Waals surface area contributed by atoms with Crippen LogP contribution in [-0.4, -0.2) is 79.9 Å². The summed E-state index contributed by atoms with van der Waals surface area (Å²) in [5.74, 6) is 0.443.